The smallest absolute Gasteiger partial charge is 0.407 e. The maximum atomic E-state index is 11.7. The van der Waals surface area contributed by atoms with Crippen LogP contribution in [0.1, 0.15) is 15.9 Å². The van der Waals surface area contributed by atoms with Crippen molar-refractivity contribution >= 4 is 23.6 Å². The second kappa shape index (κ2) is 8.37. The molecule has 2 N–H and O–H groups in total. The summed E-state index contributed by atoms with van der Waals surface area (Å²) in [5.74, 6) is 0.0944. The molecule has 0 aliphatic heterocycles. The summed E-state index contributed by atoms with van der Waals surface area (Å²) in [6.45, 7) is 2.73. The maximum Gasteiger partial charge on any atom is 0.407 e. The Morgan fingerprint density at radius 1 is 1.26 bits per heavy atom. The molecule has 2 amide bonds. The number of hydrogen-bond donors (Lipinski definition) is 2. The second-order valence-electron chi connectivity index (χ2n) is 3.88. The Morgan fingerprint density at radius 2 is 2.00 bits per heavy atom. The summed E-state index contributed by atoms with van der Waals surface area (Å²) in [6.07, 6.45) is -0.537. The maximum absolute atomic E-state index is 11.7. The van der Waals surface area contributed by atoms with E-state index in [1.54, 1.807) is 12.1 Å². The van der Waals surface area contributed by atoms with Crippen molar-refractivity contribution in [3.63, 3.8) is 0 Å². The number of ether oxygens (including phenoxy) is 1. The fraction of sp³-hybridized carbons (Fsp3) is 0.385. The molecular formula is C13H17ClN2O3. The molecule has 0 heterocycles. The number of benzene rings is 1. The largest absolute Gasteiger partial charge is 0.448 e. The van der Waals surface area contributed by atoms with Gasteiger partial charge in [-0.3, -0.25) is 4.79 Å². The molecule has 5 nitrogen and oxygen atoms in total. The average Bonchev–Trinajstić information content (AvgIpc) is 2.41. The highest BCUT2D eigenvalue weighted by Crippen LogP contribution is 2.03. The Balaban J connectivity index is 2.22. The molecule has 0 bridgehead atoms. The zero-order valence-electron chi connectivity index (χ0n) is 10.7. The number of hydrogen-bond acceptors (Lipinski definition) is 3. The molecule has 0 aromatic heterocycles. The van der Waals surface area contributed by atoms with Crippen molar-refractivity contribution < 1.29 is 14.3 Å². The van der Waals surface area contributed by atoms with Crippen LogP contribution in [-0.4, -0.2) is 37.6 Å². The lowest BCUT2D eigenvalue weighted by molar-refractivity contribution is 0.0952. The number of aryl methyl sites for hydroxylation is 1. The lowest BCUT2D eigenvalue weighted by Gasteiger charge is -2.07. The first-order chi connectivity index (χ1) is 9.13. The van der Waals surface area contributed by atoms with Gasteiger partial charge in [0.1, 0.15) is 6.61 Å². The van der Waals surface area contributed by atoms with Gasteiger partial charge in [0.15, 0.2) is 0 Å². The molecule has 0 aliphatic rings. The number of halogens is 1. The summed E-state index contributed by atoms with van der Waals surface area (Å²) >= 11 is 5.37. The first kappa shape index (κ1) is 15.3. The van der Waals surface area contributed by atoms with Crippen molar-refractivity contribution in [3.05, 3.63) is 35.4 Å². The fourth-order valence-corrected chi connectivity index (χ4v) is 1.49. The quantitative estimate of drug-likeness (QED) is 0.617. The van der Waals surface area contributed by atoms with Crippen molar-refractivity contribution in [1.29, 1.82) is 0 Å². The van der Waals surface area contributed by atoms with Crippen molar-refractivity contribution in [2.75, 3.05) is 25.6 Å². The van der Waals surface area contributed by atoms with Gasteiger partial charge in [0, 0.05) is 18.7 Å². The molecule has 0 spiro atoms. The lowest BCUT2D eigenvalue weighted by Crippen LogP contribution is -2.35. The van der Waals surface area contributed by atoms with E-state index in [1.165, 1.54) is 0 Å². The summed E-state index contributed by atoms with van der Waals surface area (Å²) in [4.78, 5) is 22.8. The molecule has 1 aromatic carbocycles. The monoisotopic (exact) mass is 284 g/mol. The summed E-state index contributed by atoms with van der Waals surface area (Å²) in [6, 6.07) is 7.29. The van der Waals surface area contributed by atoms with Gasteiger partial charge in [-0.15, -0.1) is 11.6 Å². The van der Waals surface area contributed by atoms with Crippen LogP contribution in [-0.2, 0) is 4.74 Å². The van der Waals surface area contributed by atoms with Crippen molar-refractivity contribution in [1.82, 2.24) is 10.6 Å². The molecule has 0 radical (unpaired) electrons. The van der Waals surface area contributed by atoms with E-state index in [-0.39, 0.29) is 18.4 Å². The van der Waals surface area contributed by atoms with Gasteiger partial charge in [0.2, 0.25) is 0 Å². The van der Waals surface area contributed by atoms with Gasteiger partial charge in [-0.1, -0.05) is 17.7 Å². The van der Waals surface area contributed by atoms with Gasteiger partial charge in [-0.05, 0) is 19.1 Å². The van der Waals surface area contributed by atoms with Crippen LogP contribution in [0.4, 0.5) is 4.79 Å². The Bertz CT molecular complexity index is 438. The van der Waals surface area contributed by atoms with Gasteiger partial charge < -0.3 is 15.4 Å². The van der Waals surface area contributed by atoms with Crippen LogP contribution in [0.25, 0.3) is 0 Å². The minimum Gasteiger partial charge on any atom is -0.448 e. The van der Waals surface area contributed by atoms with Crippen LogP contribution < -0.4 is 10.6 Å². The van der Waals surface area contributed by atoms with Gasteiger partial charge in [-0.25, -0.2) is 4.79 Å². The summed E-state index contributed by atoms with van der Waals surface area (Å²) in [7, 11) is 0. The Hall–Kier alpha value is -1.75. The SMILES string of the molecule is Cc1cccc(C(=O)NCCNC(=O)OCCCl)c1. The third-order valence-corrected chi connectivity index (χ3v) is 2.42. The van der Waals surface area contributed by atoms with Crippen LogP contribution in [0.15, 0.2) is 24.3 Å². The van der Waals surface area contributed by atoms with E-state index in [2.05, 4.69) is 10.6 Å². The molecule has 19 heavy (non-hydrogen) atoms. The third kappa shape index (κ3) is 6.10. The summed E-state index contributed by atoms with van der Waals surface area (Å²) in [5, 5.41) is 5.20. The van der Waals surface area contributed by atoms with E-state index >= 15 is 0 Å². The molecular weight excluding hydrogens is 268 g/mol. The van der Waals surface area contributed by atoms with Crippen LogP contribution in [0.3, 0.4) is 0 Å². The Labute approximate surface area is 117 Å². The summed E-state index contributed by atoms with van der Waals surface area (Å²) in [5.41, 5.74) is 1.63. The summed E-state index contributed by atoms with van der Waals surface area (Å²) < 4.78 is 4.70. The van der Waals surface area contributed by atoms with Crippen LogP contribution in [0, 0.1) is 6.92 Å². The molecule has 1 rings (SSSR count). The molecule has 0 saturated carbocycles. The van der Waals surface area contributed by atoms with Crippen LogP contribution in [0.5, 0.6) is 0 Å². The van der Waals surface area contributed by atoms with E-state index in [1.807, 2.05) is 19.1 Å². The van der Waals surface area contributed by atoms with E-state index in [0.717, 1.165) is 5.56 Å². The number of alkyl carbamates (subject to hydrolysis) is 1. The van der Waals surface area contributed by atoms with Crippen LogP contribution >= 0.6 is 11.6 Å². The highest BCUT2D eigenvalue weighted by molar-refractivity contribution is 6.18. The van der Waals surface area contributed by atoms with Gasteiger partial charge >= 0.3 is 6.09 Å². The van der Waals surface area contributed by atoms with Gasteiger partial charge in [-0.2, -0.15) is 0 Å². The number of carbonyl (C=O) groups excluding carboxylic acids is 2. The highest BCUT2D eigenvalue weighted by atomic mass is 35.5. The molecule has 0 atom stereocenters. The molecule has 1 aromatic rings. The molecule has 104 valence electrons. The standard InChI is InChI=1S/C13H17ClN2O3/c1-10-3-2-4-11(9-10)12(17)15-6-7-16-13(18)19-8-5-14/h2-4,9H,5-8H2,1H3,(H,15,17)(H,16,18). The Morgan fingerprint density at radius 3 is 2.68 bits per heavy atom. The first-order valence-electron chi connectivity index (χ1n) is 5.95. The zero-order chi connectivity index (χ0) is 14.1. The minimum atomic E-state index is -0.537. The molecule has 0 aliphatic carbocycles. The number of rotatable bonds is 6. The number of nitrogens with one attached hydrogen (secondary N) is 2. The van der Waals surface area contributed by atoms with Crippen molar-refractivity contribution in [2.24, 2.45) is 0 Å². The lowest BCUT2D eigenvalue weighted by atomic mass is 10.1. The first-order valence-corrected chi connectivity index (χ1v) is 6.48. The van der Waals surface area contributed by atoms with E-state index in [4.69, 9.17) is 16.3 Å². The van der Waals surface area contributed by atoms with Crippen molar-refractivity contribution in [2.45, 2.75) is 6.92 Å². The fourth-order valence-electron chi connectivity index (χ4n) is 1.41. The van der Waals surface area contributed by atoms with E-state index in [0.29, 0.717) is 18.7 Å². The second-order valence-corrected chi connectivity index (χ2v) is 4.26. The normalized spacial score (nSPS) is 9.79. The molecule has 0 saturated heterocycles. The Kier molecular flexibility index (Phi) is 6.74. The third-order valence-electron chi connectivity index (χ3n) is 2.27. The van der Waals surface area contributed by atoms with E-state index in [9.17, 15) is 9.59 Å². The topological polar surface area (TPSA) is 67.4 Å². The predicted molar refractivity (Wildman–Crippen MR) is 73.6 cm³/mol. The van der Waals surface area contributed by atoms with Gasteiger partial charge in [0.05, 0.1) is 5.88 Å². The molecule has 0 fully saturated rings. The number of amides is 2. The average molecular weight is 285 g/mol. The number of alkyl halides is 1. The molecule has 6 heteroatoms. The predicted octanol–water partition coefficient (Wildman–Crippen LogP) is 1.69. The zero-order valence-corrected chi connectivity index (χ0v) is 11.5. The van der Waals surface area contributed by atoms with Gasteiger partial charge in [0.25, 0.3) is 5.91 Å². The minimum absolute atomic E-state index is 0.167. The highest BCUT2D eigenvalue weighted by Gasteiger charge is 2.05. The molecule has 0 unspecified atom stereocenters. The van der Waals surface area contributed by atoms with Crippen LogP contribution in [0.2, 0.25) is 0 Å². The van der Waals surface area contributed by atoms with E-state index < -0.39 is 6.09 Å². The number of carbonyl (C=O) groups is 2. The van der Waals surface area contributed by atoms with Crippen molar-refractivity contribution in [3.8, 4) is 0 Å².